The molecule has 0 aliphatic rings. The van der Waals surface area contributed by atoms with Gasteiger partial charge in [0.1, 0.15) is 0 Å². The second kappa shape index (κ2) is 10.3. The Hall–Kier alpha value is -0.770. The fourth-order valence-electron chi connectivity index (χ4n) is 1.82. The van der Waals surface area contributed by atoms with Crippen molar-refractivity contribution in [1.29, 1.82) is 0 Å². The van der Waals surface area contributed by atoms with E-state index < -0.39 is 0 Å². The molecule has 5 nitrogen and oxygen atoms in total. The lowest BCUT2D eigenvalue weighted by molar-refractivity contribution is 0.797. The van der Waals surface area contributed by atoms with Crippen molar-refractivity contribution in [2.45, 2.75) is 13.1 Å². The van der Waals surface area contributed by atoms with E-state index in [4.69, 9.17) is 23.2 Å². The van der Waals surface area contributed by atoms with Crippen LogP contribution in [-0.2, 0) is 13.1 Å². The average molecular weight is 500 g/mol. The van der Waals surface area contributed by atoms with E-state index in [1.807, 2.05) is 36.5 Å². The normalized spacial score (nSPS) is 11.0. The Kier molecular flexibility index (Phi) is 9.11. The van der Waals surface area contributed by atoms with Crippen LogP contribution < -0.4 is 15.5 Å². The molecule has 1 aromatic carbocycles. The van der Waals surface area contributed by atoms with Crippen molar-refractivity contribution in [3.05, 3.63) is 44.9 Å². The van der Waals surface area contributed by atoms with Gasteiger partial charge < -0.3 is 15.5 Å². The first-order chi connectivity index (χ1) is 11.0. The molecule has 0 amide bonds. The van der Waals surface area contributed by atoms with Gasteiger partial charge in [0, 0.05) is 43.1 Å². The lowest BCUT2D eigenvalue weighted by Crippen LogP contribution is -2.36. The van der Waals surface area contributed by atoms with Gasteiger partial charge in [-0.1, -0.05) is 29.3 Å². The zero-order chi connectivity index (χ0) is 16.8. The Morgan fingerprint density at radius 3 is 2.54 bits per heavy atom. The van der Waals surface area contributed by atoms with Crippen LogP contribution in [0.15, 0.2) is 28.6 Å². The number of hydrogen-bond acceptors (Lipinski definition) is 4. The van der Waals surface area contributed by atoms with Crippen molar-refractivity contribution in [3.8, 4) is 0 Å². The average Bonchev–Trinajstić information content (AvgIpc) is 2.98. The Bertz CT molecular complexity index is 690. The summed E-state index contributed by atoms with van der Waals surface area (Å²) in [7, 11) is 5.68. The standard InChI is InChI=1S/C15H19Cl2N5S.HI/c1-18-14(19-7-10-4-5-11(16)6-13(10)17)20-8-12-9-23-15(21-12)22(2)3;/h4-6,9H,7-8H2,1-3H3,(H2,18,19,20);1H. The smallest absolute Gasteiger partial charge is 0.191 e. The van der Waals surface area contributed by atoms with Crippen LogP contribution in [0.4, 0.5) is 5.13 Å². The summed E-state index contributed by atoms with van der Waals surface area (Å²) < 4.78 is 0. The Balaban J connectivity index is 0.00000288. The molecule has 2 rings (SSSR count). The van der Waals surface area contributed by atoms with Crippen LogP contribution in [0.25, 0.3) is 0 Å². The topological polar surface area (TPSA) is 52.6 Å². The van der Waals surface area contributed by atoms with E-state index in [9.17, 15) is 0 Å². The van der Waals surface area contributed by atoms with Crippen LogP contribution in [0.5, 0.6) is 0 Å². The van der Waals surface area contributed by atoms with Crippen LogP contribution in [0, 0.1) is 0 Å². The maximum absolute atomic E-state index is 6.16. The predicted molar refractivity (Wildman–Crippen MR) is 115 cm³/mol. The number of aliphatic imine (C=N–C) groups is 1. The molecule has 9 heteroatoms. The molecule has 0 saturated heterocycles. The molecule has 0 saturated carbocycles. The Labute approximate surface area is 173 Å². The molecular formula is C15H20Cl2IN5S. The molecular weight excluding hydrogens is 480 g/mol. The molecule has 24 heavy (non-hydrogen) atoms. The summed E-state index contributed by atoms with van der Waals surface area (Å²) in [5, 5.41) is 10.7. The molecule has 2 aromatic rings. The third kappa shape index (κ3) is 6.27. The van der Waals surface area contributed by atoms with Gasteiger partial charge in [0.15, 0.2) is 11.1 Å². The van der Waals surface area contributed by atoms with Gasteiger partial charge >= 0.3 is 0 Å². The fraction of sp³-hybridized carbons (Fsp3) is 0.333. The van der Waals surface area contributed by atoms with E-state index in [2.05, 4.69) is 20.6 Å². The maximum Gasteiger partial charge on any atom is 0.191 e. The van der Waals surface area contributed by atoms with Crippen molar-refractivity contribution < 1.29 is 0 Å². The summed E-state index contributed by atoms with van der Waals surface area (Å²) in [6, 6.07) is 5.45. The Morgan fingerprint density at radius 2 is 1.96 bits per heavy atom. The van der Waals surface area contributed by atoms with Gasteiger partial charge in [-0.3, -0.25) is 4.99 Å². The van der Waals surface area contributed by atoms with E-state index in [0.29, 0.717) is 29.1 Å². The Morgan fingerprint density at radius 1 is 1.25 bits per heavy atom. The summed E-state index contributed by atoms with van der Waals surface area (Å²) in [6.07, 6.45) is 0. The summed E-state index contributed by atoms with van der Waals surface area (Å²) >= 11 is 13.7. The largest absolute Gasteiger partial charge is 0.354 e. The van der Waals surface area contributed by atoms with Crippen molar-refractivity contribution in [3.63, 3.8) is 0 Å². The lowest BCUT2D eigenvalue weighted by atomic mass is 10.2. The molecule has 132 valence electrons. The number of anilines is 1. The number of thiazole rings is 1. The van der Waals surface area contributed by atoms with Crippen LogP contribution >= 0.6 is 58.5 Å². The van der Waals surface area contributed by atoms with E-state index in [1.165, 1.54) is 0 Å². The summed E-state index contributed by atoms with van der Waals surface area (Å²) in [6.45, 7) is 1.17. The quantitative estimate of drug-likeness (QED) is 0.371. The molecule has 1 aromatic heterocycles. The van der Waals surface area contributed by atoms with Gasteiger partial charge in [0.2, 0.25) is 0 Å². The second-order valence-electron chi connectivity index (χ2n) is 5.03. The maximum atomic E-state index is 6.16. The number of benzene rings is 1. The van der Waals surface area contributed by atoms with Gasteiger partial charge in [-0.25, -0.2) is 4.98 Å². The van der Waals surface area contributed by atoms with E-state index in [1.54, 1.807) is 24.5 Å². The monoisotopic (exact) mass is 499 g/mol. The highest BCUT2D eigenvalue weighted by Crippen LogP contribution is 2.20. The van der Waals surface area contributed by atoms with Crippen molar-refractivity contribution >= 4 is 69.6 Å². The van der Waals surface area contributed by atoms with Crippen LogP contribution in [-0.4, -0.2) is 32.1 Å². The number of rotatable bonds is 5. The highest BCUT2D eigenvalue weighted by molar-refractivity contribution is 14.0. The van der Waals surface area contributed by atoms with Crippen LogP contribution in [0.2, 0.25) is 10.0 Å². The zero-order valence-electron chi connectivity index (χ0n) is 13.6. The van der Waals surface area contributed by atoms with Gasteiger partial charge in [0.25, 0.3) is 0 Å². The second-order valence-corrected chi connectivity index (χ2v) is 6.71. The molecule has 0 radical (unpaired) electrons. The summed E-state index contributed by atoms with van der Waals surface area (Å²) in [5.74, 6) is 0.690. The van der Waals surface area contributed by atoms with E-state index in [0.717, 1.165) is 16.4 Å². The number of guanidine groups is 1. The molecule has 1 heterocycles. The first kappa shape index (κ1) is 21.3. The molecule has 0 atom stereocenters. The third-order valence-electron chi connectivity index (χ3n) is 3.04. The minimum atomic E-state index is 0. The minimum absolute atomic E-state index is 0. The van der Waals surface area contributed by atoms with Gasteiger partial charge in [-0.05, 0) is 17.7 Å². The van der Waals surface area contributed by atoms with Crippen molar-refractivity contribution in [2.75, 3.05) is 26.0 Å². The molecule has 0 aliphatic heterocycles. The van der Waals surface area contributed by atoms with Gasteiger partial charge in [-0.2, -0.15) is 0 Å². The molecule has 0 aliphatic carbocycles. The summed E-state index contributed by atoms with van der Waals surface area (Å²) in [4.78, 5) is 10.7. The number of nitrogens with one attached hydrogen (secondary N) is 2. The third-order valence-corrected chi connectivity index (χ3v) is 4.69. The van der Waals surface area contributed by atoms with E-state index >= 15 is 0 Å². The zero-order valence-corrected chi connectivity index (χ0v) is 18.3. The number of aromatic nitrogens is 1. The predicted octanol–water partition coefficient (Wildman–Crippen LogP) is 4.00. The minimum Gasteiger partial charge on any atom is -0.354 e. The molecule has 0 fully saturated rings. The number of nitrogens with zero attached hydrogens (tertiary/aromatic N) is 3. The van der Waals surface area contributed by atoms with Gasteiger partial charge in [0.05, 0.1) is 12.2 Å². The molecule has 2 N–H and O–H groups in total. The summed E-state index contributed by atoms with van der Waals surface area (Å²) in [5.41, 5.74) is 1.94. The number of hydrogen-bond donors (Lipinski definition) is 2. The SMILES string of the molecule is CN=C(NCc1csc(N(C)C)n1)NCc1ccc(Cl)cc1Cl.I. The highest BCUT2D eigenvalue weighted by atomic mass is 127. The molecule has 0 bridgehead atoms. The van der Waals surface area contributed by atoms with Crippen molar-refractivity contribution in [2.24, 2.45) is 4.99 Å². The fourth-order valence-corrected chi connectivity index (χ4v) is 3.06. The lowest BCUT2D eigenvalue weighted by Gasteiger charge is -2.12. The van der Waals surface area contributed by atoms with E-state index in [-0.39, 0.29) is 24.0 Å². The first-order valence-corrected chi connectivity index (χ1v) is 8.63. The molecule has 0 unspecified atom stereocenters. The number of halogens is 3. The van der Waals surface area contributed by atoms with Crippen molar-refractivity contribution in [1.82, 2.24) is 15.6 Å². The first-order valence-electron chi connectivity index (χ1n) is 6.99. The van der Waals surface area contributed by atoms with Crippen LogP contribution in [0.3, 0.4) is 0 Å². The molecule has 0 spiro atoms. The highest BCUT2D eigenvalue weighted by Gasteiger charge is 2.06. The van der Waals surface area contributed by atoms with Crippen LogP contribution in [0.1, 0.15) is 11.3 Å². The van der Waals surface area contributed by atoms with Gasteiger partial charge in [-0.15, -0.1) is 35.3 Å².